The van der Waals surface area contributed by atoms with Gasteiger partial charge in [0.1, 0.15) is 10.9 Å². The van der Waals surface area contributed by atoms with E-state index in [1.807, 2.05) is 0 Å². The molecule has 9 heteroatoms. The summed E-state index contributed by atoms with van der Waals surface area (Å²) >= 11 is 9.50. The smallest absolute Gasteiger partial charge is 0.323 e. The van der Waals surface area contributed by atoms with Crippen LogP contribution in [-0.2, 0) is 9.59 Å². The number of aliphatic carboxylic acids is 1. The molecule has 1 N–H and O–H groups in total. The monoisotopic (exact) mass is 401 g/mol. The fraction of sp³-hybridized carbons (Fsp3) is 0.154. The van der Waals surface area contributed by atoms with Gasteiger partial charge in [0.05, 0.1) is 9.38 Å². The maximum atomic E-state index is 12.2. The Labute approximate surface area is 143 Å². The minimum Gasteiger partial charge on any atom is -0.480 e. The highest BCUT2D eigenvalue weighted by molar-refractivity contribution is 9.10. The van der Waals surface area contributed by atoms with E-state index in [1.165, 1.54) is 0 Å². The van der Waals surface area contributed by atoms with E-state index >= 15 is 0 Å². The van der Waals surface area contributed by atoms with E-state index in [2.05, 4.69) is 15.9 Å². The van der Waals surface area contributed by atoms with Gasteiger partial charge in [-0.3, -0.25) is 14.5 Å². The van der Waals surface area contributed by atoms with Gasteiger partial charge in [0.15, 0.2) is 11.5 Å². The van der Waals surface area contributed by atoms with E-state index in [0.717, 1.165) is 26.7 Å². The lowest BCUT2D eigenvalue weighted by atomic mass is 10.2. The molecule has 1 aromatic carbocycles. The number of nitrogens with zero attached hydrogens (tertiary/aromatic N) is 1. The van der Waals surface area contributed by atoms with Crippen molar-refractivity contribution in [3.8, 4) is 11.5 Å². The molecule has 1 saturated heterocycles. The van der Waals surface area contributed by atoms with Crippen molar-refractivity contribution in [2.75, 3.05) is 13.3 Å². The second-order valence-electron chi connectivity index (χ2n) is 4.40. The van der Waals surface area contributed by atoms with Crippen molar-refractivity contribution in [3.05, 3.63) is 27.1 Å². The van der Waals surface area contributed by atoms with E-state index in [-0.39, 0.29) is 11.1 Å². The van der Waals surface area contributed by atoms with Crippen LogP contribution < -0.4 is 9.47 Å². The third kappa shape index (κ3) is 2.83. The third-order valence-electron chi connectivity index (χ3n) is 2.91. The lowest BCUT2D eigenvalue weighted by Gasteiger charge is -2.10. The van der Waals surface area contributed by atoms with Gasteiger partial charge in [-0.2, -0.15) is 0 Å². The summed E-state index contributed by atoms with van der Waals surface area (Å²) in [6, 6.07) is 3.54. The van der Waals surface area contributed by atoms with Crippen LogP contribution in [0.3, 0.4) is 0 Å². The normalized spacial score (nSPS) is 18.4. The highest BCUT2D eigenvalue weighted by Gasteiger charge is 2.33. The third-order valence-corrected chi connectivity index (χ3v) is 4.88. The molecular weight excluding hydrogens is 394 g/mol. The molecule has 0 atom stereocenters. The summed E-state index contributed by atoms with van der Waals surface area (Å²) in [6.07, 6.45) is 1.65. The molecular formula is C13H8BrNO5S2. The fourth-order valence-corrected chi connectivity index (χ4v) is 3.82. The van der Waals surface area contributed by atoms with Crippen molar-refractivity contribution in [2.45, 2.75) is 0 Å². The molecule has 114 valence electrons. The number of carbonyl (C=O) groups excluding carboxylic acids is 1. The van der Waals surface area contributed by atoms with Gasteiger partial charge in [0, 0.05) is 0 Å². The predicted molar refractivity (Wildman–Crippen MR) is 87.8 cm³/mol. The topological polar surface area (TPSA) is 76.1 Å². The summed E-state index contributed by atoms with van der Waals surface area (Å²) in [5.74, 6) is -0.313. The van der Waals surface area contributed by atoms with Crippen molar-refractivity contribution >= 4 is 62.2 Å². The SMILES string of the molecule is O=C(O)CN1C(=O)/C(=C\c2cc(Br)c3c(c2)OCO3)SC1=S. The number of hydrogen-bond acceptors (Lipinski definition) is 6. The van der Waals surface area contributed by atoms with Gasteiger partial charge < -0.3 is 14.6 Å². The summed E-state index contributed by atoms with van der Waals surface area (Å²) in [5, 5.41) is 8.81. The zero-order valence-electron chi connectivity index (χ0n) is 10.9. The highest BCUT2D eigenvalue weighted by atomic mass is 79.9. The second kappa shape index (κ2) is 5.90. The Kier molecular flexibility index (Phi) is 4.11. The molecule has 0 saturated carbocycles. The number of halogens is 1. The summed E-state index contributed by atoms with van der Waals surface area (Å²) in [6.45, 7) is -0.287. The zero-order valence-corrected chi connectivity index (χ0v) is 14.1. The Bertz CT molecular complexity index is 733. The van der Waals surface area contributed by atoms with Crippen molar-refractivity contribution in [3.63, 3.8) is 0 Å². The number of thioether (sulfide) groups is 1. The lowest BCUT2D eigenvalue weighted by molar-refractivity contribution is -0.140. The van der Waals surface area contributed by atoms with Crippen LogP contribution in [0.15, 0.2) is 21.5 Å². The van der Waals surface area contributed by atoms with E-state index in [1.54, 1.807) is 18.2 Å². The Balaban J connectivity index is 1.90. The van der Waals surface area contributed by atoms with Gasteiger partial charge in [0.25, 0.3) is 5.91 Å². The van der Waals surface area contributed by atoms with Crippen LogP contribution in [0.4, 0.5) is 0 Å². The maximum Gasteiger partial charge on any atom is 0.323 e. The predicted octanol–water partition coefficient (Wildman–Crippen LogP) is 2.46. The van der Waals surface area contributed by atoms with Gasteiger partial charge in [0.2, 0.25) is 6.79 Å². The number of rotatable bonds is 3. The van der Waals surface area contributed by atoms with E-state index in [4.69, 9.17) is 26.8 Å². The van der Waals surface area contributed by atoms with Crippen LogP contribution in [0.5, 0.6) is 11.5 Å². The molecule has 2 heterocycles. The summed E-state index contributed by atoms with van der Waals surface area (Å²) in [4.78, 5) is 24.4. The van der Waals surface area contributed by atoms with Crippen LogP contribution in [-0.4, -0.2) is 39.5 Å². The number of benzene rings is 1. The number of hydrogen-bond donors (Lipinski definition) is 1. The second-order valence-corrected chi connectivity index (χ2v) is 6.93. The molecule has 0 spiro atoms. The summed E-state index contributed by atoms with van der Waals surface area (Å²) < 4.78 is 11.6. The Morgan fingerprint density at radius 1 is 1.50 bits per heavy atom. The molecule has 0 unspecified atom stereocenters. The number of ether oxygens (including phenoxy) is 2. The molecule has 0 aliphatic carbocycles. The number of carbonyl (C=O) groups is 2. The minimum absolute atomic E-state index is 0.151. The molecule has 0 radical (unpaired) electrons. The first-order valence-corrected chi connectivity index (χ1v) is 8.04. The molecule has 0 aromatic heterocycles. The zero-order chi connectivity index (χ0) is 15.9. The van der Waals surface area contributed by atoms with Crippen LogP contribution in [0, 0.1) is 0 Å². The number of fused-ring (bicyclic) bond motifs is 1. The van der Waals surface area contributed by atoms with Gasteiger partial charge in [-0.25, -0.2) is 0 Å². The van der Waals surface area contributed by atoms with Crippen LogP contribution in [0.25, 0.3) is 6.08 Å². The van der Waals surface area contributed by atoms with Crippen molar-refractivity contribution in [2.24, 2.45) is 0 Å². The number of amides is 1. The molecule has 2 aliphatic heterocycles. The first-order valence-electron chi connectivity index (χ1n) is 6.02. The molecule has 1 aromatic rings. The van der Waals surface area contributed by atoms with Gasteiger partial charge in [-0.05, 0) is 39.7 Å². The van der Waals surface area contributed by atoms with Gasteiger partial charge in [-0.1, -0.05) is 24.0 Å². The van der Waals surface area contributed by atoms with Crippen LogP contribution in [0.1, 0.15) is 5.56 Å². The summed E-state index contributed by atoms with van der Waals surface area (Å²) in [5.41, 5.74) is 0.729. The number of carboxylic acids is 1. The molecule has 0 bridgehead atoms. The first kappa shape index (κ1) is 15.3. The molecule has 2 aliphatic rings. The maximum absolute atomic E-state index is 12.2. The van der Waals surface area contributed by atoms with Crippen molar-refractivity contribution < 1.29 is 24.2 Å². The van der Waals surface area contributed by atoms with E-state index < -0.39 is 18.4 Å². The average molecular weight is 402 g/mol. The molecule has 6 nitrogen and oxygen atoms in total. The number of carboxylic acid groups (broad SMARTS) is 1. The van der Waals surface area contributed by atoms with E-state index in [9.17, 15) is 9.59 Å². The lowest BCUT2D eigenvalue weighted by Crippen LogP contribution is -2.33. The average Bonchev–Trinajstić information content (AvgIpc) is 3.00. The molecule has 22 heavy (non-hydrogen) atoms. The quantitative estimate of drug-likeness (QED) is 0.615. The first-order chi connectivity index (χ1) is 10.5. The largest absolute Gasteiger partial charge is 0.480 e. The van der Waals surface area contributed by atoms with Gasteiger partial charge >= 0.3 is 5.97 Å². The Morgan fingerprint density at radius 2 is 2.27 bits per heavy atom. The standard InChI is InChI=1S/C13H8BrNO5S2/c14-7-1-6(2-8-11(7)20-5-19-8)3-9-12(18)15(4-10(16)17)13(21)22-9/h1-3H,4-5H2,(H,16,17)/b9-3+. The molecule has 1 fully saturated rings. The summed E-state index contributed by atoms with van der Waals surface area (Å²) in [7, 11) is 0. The van der Waals surface area contributed by atoms with Crippen LogP contribution >= 0.6 is 39.9 Å². The van der Waals surface area contributed by atoms with Gasteiger partial charge in [-0.15, -0.1) is 0 Å². The highest BCUT2D eigenvalue weighted by Crippen LogP contribution is 2.41. The molecule has 1 amide bonds. The van der Waals surface area contributed by atoms with Crippen molar-refractivity contribution in [1.82, 2.24) is 4.90 Å². The Hall–Kier alpha value is -1.58. The van der Waals surface area contributed by atoms with E-state index in [0.29, 0.717) is 16.4 Å². The van der Waals surface area contributed by atoms with Crippen molar-refractivity contribution in [1.29, 1.82) is 0 Å². The number of thiocarbonyl (C=S) groups is 1. The van der Waals surface area contributed by atoms with Crippen LogP contribution in [0.2, 0.25) is 0 Å². The Morgan fingerprint density at radius 3 is 3.00 bits per heavy atom. The molecule has 3 rings (SSSR count). The minimum atomic E-state index is -1.11. The fourth-order valence-electron chi connectivity index (χ4n) is 1.99.